The number of carbonyl (C=O) groups is 1. The van der Waals surface area contributed by atoms with Crippen LogP contribution in [0.2, 0.25) is 5.15 Å². The first-order valence-corrected chi connectivity index (χ1v) is 13.1. The molecule has 8 heteroatoms. The van der Waals surface area contributed by atoms with Crippen molar-refractivity contribution in [3.63, 3.8) is 0 Å². The zero-order valence-electron chi connectivity index (χ0n) is 20.7. The van der Waals surface area contributed by atoms with Gasteiger partial charge in [0.05, 0.1) is 32.2 Å². The molecule has 5 N–H and O–H groups in total. The molecule has 2 heterocycles. The summed E-state index contributed by atoms with van der Waals surface area (Å²) in [6.07, 6.45) is 6.34. The molecule has 1 unspecified atom stereocenters. The number of quaternary nitrogens is 1. The molecule has 0 radical (unpaired) electrons. The summed E-state index contributed by atoms with van der Waals surface area (Å²) in [7, 11) is 0. The fourth-order valence-corrected chi connectivity index (χ4v) is 5.47. The number of nitrogens with two attached hydrogens (primary N) is 2. The van der Waals surface area contributed by atoms with Gasteiger partial charge in [0.1, 0.15) is 0 Å². The van der Waals surface area contributed by atoms with Crippen molar-refractivity contribution < 1.29 is 9.28 Å². The summed E-state index contributed by atoms with van der Waals surface area (Å²) in [5.74, 6) is -0.326. The Labute approximate surface area is 218 Å². The number of aryl methyl sites for hydroxylation is 2. The number of nitrogens with one attached hydrogen (secondary N) is 1. The first-order valence-electron chi connectivity index (χ1n) is 12.8. The van der Waals surface area contributed by atoms with Gasteiger partial charge in [0.2, 0.25) is 0 Å². The molecule has 2 aromatic carbocycles. The molecule has 1 saturated heterocycles. The molecule has 190 valence electrons. The van der Waals surface area contributed by atoms with Gasteiger partial charge < -0.3 is 21.3 Å². The molecule has 36 heavy (non-hydrogen) atoms. The van der Waals surface area contributed by atoms with Crippen LogP contribution in [0.1, 0.15) is 47.3 Å². The van der Waals surface area contributed by atoms with Crippen LogP contribution in [0.3, 0.4) is 0 Å². The Balaban J connectivity index is 1.43. The number of hydrogen-bond donors (Lipinski definition) is 3. The number of piperidine rings is 1. The van der Waals surface area contributed by atoms with Crippen molar-refractivity contribution in [1.82, 2.24) is 15.3 Å². The van der Waals surface area contributed by atoms with Gasteiger partial charge in [-0.2, -0.15) is 0 Å². The van der Waals surface area contributed by atoms with E-state index in [0.29, 0.717) is 0 Å². The number of benzene rings is 2. The molecule has 1 aromatic heterocycles. The second-order valence-electron chi connectivity index (χ2n) is 9.82. The van der Waals surface area contributed by atoms with Gasteiger partial charge in [-0.3, -0.25) is 4.79 Å². The first-order chi connectivity index (χ1) is 17.4. The smallest absolute Gasteiger partial charge is 0.274 e. The Morgan fingerprint density at radius 2 is 1.50 bits per heavy atom. The number of nitrogen functional groups attached to an aromatic ring is 2. The van der Waals surface area contributed by atoms with Crippen molar-refractivity contribution >= 4 is 29.1 Å². The molecule has 3 aromatic rings. The topological polar surface area (TPSA) is 107 Å². The summed E-state index contributed by atoms with van der Waals surface area (Å²) in [5, 5.41) is 3.15. The Morgan fingerprint density at radius 1 is 0.917 bits per heavy atom. The molecule has 0 saturated carbocycles. The predicted octanol–water partition coefficient (Wildman–Crippen LogP) is 4.27. The monoisotopic (exact) mass is 507 g/mol. The third-order valence-corrected chi connectivity index (χ3v) is 7.41. The number of carbonyl (C=O) groups excluding carboxylic acids is 1. The lowest BCUT2D eigenvalue weighted by Crippen LogP contribution is -2.60. The molecule has 1 amide bonds. The minimum Gasteiger partial charge on any atom is -0.382 e. The van der Waals surface area contributed by atoms with Gasteiger partial charge in [-0.1, -0.05) is 72.3 Å². The van der Waals surface area contributed by atoms with Crippen LogP contribution in [0.15, 0.2) is 60.7 Å². The van der Waals surface area contributed by atoms with Crippen LogP contribution < -0.4 is 16.8 Å². The fraction of sp³-hybridized carbons (Fsp3) is 0.393. The van der Waals surface area contributed by atoms with E-state index in [2.05, 4.69) is 75.9 Å². The van der Waals surface area contributed by atoms with E-state index in [1.54, 1.807) is 0 Å². The molecular formula is C28H36ClN6O+. The van der Waals surface area contributed by atoms with Crippen molar-refractivity contribution in [1.29, 1.82) is 0 Å². The molecule has 0 aliphatic carbocycles. The zero-order chi connectivity index (χ0) is 25.4. The minimum absolute atomic E-state index is 0.00307. The van der Waals surface area contributed by atoms with Gasteiger partial charge in [0.25, 0.3) is 5.91 Å². The van der Waals surface area contributed by atoms with Gasteiger partial charge in [-0.25, -0.2) is 9.97 Å². The number of nitrogens with zero attached hydrogens (tertiary/aromatic N) is 3. The van der Waals surface area contributed by atoms with E-state index in [0.717, 1.165) is 69.2 Å². The SMILES string of the molecule is Nc1nc(N)c(C(=O)NC2CCC[N+](CCCc3ccccc3)(CCCc3ccccc3)C2)nc1Cl. The Bertz CT molecular complexity index is 1100. The number of aromatic nitrogens is 2. The highest BCUT2D eigenvalue weighted by Crippen LogP contribution is 2.24. The van der Waals surface area contributed by atoms with E-state index in [1.165, 1.54) is 11.1 Å². The summed E-state index contributed by atoms with van der Waals surface area (Å²) in [4.78, 5) is 21.0. The summed E-state index contributed by atoms with van der Waals surface area (Å²) in [6.45, 7) is 4.20. The van der Waals surface area contributed by atoms with Gasteiger partial charge in [-0.05, 0) is 36.8 Å². The maximum absolute atomic E-state index is 13.0. The summed E-state index contributed by atoms with van der Waals surface area (Å²) in [5.41, 5.74) is 14.4. The van der Waals surface area contributed by atoms with Crippen LogP contribution in [0.5, 0.6) is 0 Å². The maximum Gasteiger partial charge on any atom is 0.274 e. The fourth-order valence-electron chi connectivity index (χ4n) is 5.35. The first kappa shape index (κ1) is 25.9. The highest BCUT2D eigenvalue weighted by molar-refractivity contribution is 6.31. The highest BCUT2D eigenvalue weighted by atomic mass is 35.5. The van der Waals surface area contributed by atoms with Gasteiger partial charge in [-0.15, -0.1) is 0 Å². The van der Waals surface area contributed by atoms with E-state index in [9.17, 15) is 4.79 Å². The number of anilines is 2. The predicted molar refractivity (Wildman–Crippen MR) is 146 cm³/mol. The maximum atomic E-state index is 13.0. The minimum atomic E-state index is -0.347. The lowest BCUT2D eigenvalue weighted by atomic mass is 9.99. The van der Waals surface area contributed by atoms with Crippen molar-refractivity contribution in [3.8, 4) is 0 Å². The van der Waals surface area contributed by atoms with E-state index in [-0.39, 0.29) is 34.4 Å². The van der Waals surface area contributed by atoms with Crippen molar-refractivity contribution in [2.75, 3.05) is 37.6 Å². The zero-order valence-corrected chi connectivity index (χ0v) is 21.5. The summed E-state index contributed by atoms with van der Waals surface area (Å²) in [6, 6.07) is 21.4. The normalized spacial score (nSPS) is 17.0. The number of likely N-dealkylation sites (tertiary alicyclic amines) is 1. The van der Waals surface area contributed by atoms with Crippen molar-refractivity contribution in [3.05, 3.63) is 82.6 Å². The Hall–Kier alpha value is -3.16. The molecule has 0 bridgehead atoms. The van der Waals surface area contributed by atoms with Crippen LogP contribution in [-0.4, -0.2) is 52.6 Å². The van der Waals surface area contributed by atoms with Crippen molar-refractivity contribution in [2.24, 2.45) is 0 Å². The lowest BCUT2D eigenvalue weighted by Gasteiger charge is -2.45. The molecular weight excluding hydrogens is 472 g/mol. The molecule has 4 rings (SSSR count). The van der Waals surface area contributed by atoms with Crippen molar-refractivity contribution in [2.45, 2.75) is 44.6 Å². The second kappa shape index (κ2) is 12.2. The second-order valence-corrected chi connectivity index (χ2v) is 10.2. The average molecular weight is 508 g/mol. The average Bonchev–Trinajstić information content (AvgIpc) is 2.88. The number of rotatable bonds is 10. The van der Waals surface area contributed by atoms with E-state index >= 15 is 0 Å². The van der Waals surface area contributed by atoms with Crippen LogP contribution in [0.25, 0.3) is 0 Å². The largest absolute Gasteiger partial charge is 0.382 e. The number of hydrogen-bond acceptors (Lipinski definition) is 5. The van der Waals surface area contributed by atoms with Crippen LogP contribution >= 0.6 is 11.6 Å². The van der Waals surface area contributed by atoms with Gasteiger partial charge in [0, 0.05) is 12.8 Å². The van der Waals surface area contributed by atoms with Gasteiger partial charge in [0.15, 0.2) is 22.5 Å². The standard InChI is InChI=1S/C28H35ClN6O/c29-25-27(31)34-26(30)24(33-25)28(36)32-23-16-9-19-35(20-23,17-7-14-21-10-3-1-4-11-21)18-8-15-22-12-5-2-6-13-22/h1-6,10-13,23H,7-9,14-20H2,(H4-,30,31,32,34,36)/p+1. The molecule has 1 aliphatic rings. The number of amides is 1. The molecule has 1 atom stereocenters. The Kier molecular flexibility index (Phi) is 8.78. The lowest BCUT2D eigenvalue weighted by molar-refractivity contribution is -0.933. The molecule has 0 spiro atoms. The van der Waals surface area contributed by atoms with Crippen LogP contribution in [-0.2, 0) is 12.8 Å². The number of halogens is 1. The quantitative estimate of drug-likeness (QED) is 0.355. The van der Waals surface area contributed by atoms with Crippen LogP contribution in [0, 0.1) is 0 Å². The molecule has 1 fully saturated rings. The molecule has 1 aliphatic heterocycles. The highest BCUT2D eigenvalue weighted by Gasteiger charge is 2.35. The third kappa shape index (κ3) is 6.95. The third-order valence-electron chi connectivity index (χ3n) is 7.13. The van der Waals surface area contributed by atoms with Crippen LogP contribution in [0.4, 0.5) is 11.6 Å². The molecule has 7 nitrogen and oxygen atoms in total. The summed E-state index contributed by atoms with van der Waals surface area (Å²) >= 11 is 6.00. The Morgan fingerprint density at radius 3 is 2.08 bits per heavy atom. The van der Waals surface area contributed by atoms with Gasteiger partial charge >= 0.3 is 0 Å². The van der Waals surface area contributed by atoms with E-state index in [1.807, 2.05) is 0 Å². The van der Waals surface area contributed by atoms with E-state index in [4.69, 9.17) is 23.1 Å². The van der Waals surface area contributed by atoms with E-state index < -0.39 is 0 Å². The summed E-state index contributed by atoms with van der Waals surface area (Å²) < 4.78 is 1.01.